The van der Waals surface area contributed by atoms with E-state index in [2.05, 4.69) is 10.1 Å². The van der Waals surface area contributed by atoms with Crippen molar-refractivity contribution in [2.45, 2.75) is 28.7 Å². The van der Waals surface area contributed by atoms with E-state index in [1.54, 1.807) is 32.2 Å². The molecule has 1 aromatic carbocycles. The van der Waals surface area contributed by atoms with Gasteiger partial charge in [0, 0.05) is 5.02 Å². The van der Waals surface area contributed by atoms with E-state index < -0.39 is 9.84 Å². The monoisotopic (exact) mass is 401 g/mol. The maximum atomic E-state index is 13.2. The molecule has 5 nitrogen and oxygen atoms in total. The van der Waals surface area contributed by atoms with E-state index in [9.17, 15) is 8.42 Å². The van der Waals surface area contributed by atoms with Crippen molar-refractivity contribution in [2.75, 3.05) is 6.26 Å². The van der Waals surface area contributed by atoms with Gasteiger partial charge in [0.2, 0.25) is 9.84 Å². The minimum absolute atomic E-state index is 0.0696. The van der Waals surface area contributed by atoms with Crippen molar-refractivity contribution in [2.24, 2.45) is 0 Å². The highest BCUT2D eigenvalue weighted by atomic mass is 35.5. The summed E-state index contributed by atoms with van der Waals surface area (Å²) in [6.45, 7) is 3.51. The van der Waals surface area contributed by atoms with Gasteiger partial charge in [0.25, 0.3) is 0 Å². The average molecular weight is 402 g/mol. The predicted octanol–water partition coefficient (Wildman–Crippen LogP) is 4.21. The van der Waals surface area contributed by atoms with Gasteiger partial charge in [-0.05, 0) is 38.3 Å². The van der Waals surface area contributed by atoms with E-state index >= 15 is 0 Å². The van der Waals surface area contributed by atoms with Crippen molar-refractivity contribution < 1.29 is 8.42 Å². The van der Waals surface area contributed by atoms with E-state index in [-0.39, 0.29) is 15.4 Å². The standard InChI is InChI=1S/C15H13Cl2N3O2S2/c1-8-12(17)9(2)20-14(18-8)13(15(19-20)23-3)24(21,22)11-6-4-5-10(16)7-11/h4-7H,1-3H3. The molecule has 0 bridgehead atoms. The third-order valence-corrected chi connectivity index (χ3v) is 6.96. The van der Waals surface area contributed by atoms with Gasteiger partial charge in [-0.15, -0.1) is 11.8 Å². The van der Waals surface area contributed by atoms with Gasteiger partial charge in [0.05, 0.1) is 21.3 Å². The molecule has 3 rings (SSSR count). The highest BCUT2D eigenvalue weighted by Gasteiger charge is 2.29. The Morgan fingerprint density at radius 3 is 2.54 bits per heavy atom. The topological polar surface area (TPSA) is 64.3 Å². The van der Waals surface area contributed by atoms with E-state index in [0.717, 1.165) is 0 Å². The molecule has 3 aromatic rings. The van der Waals surface area contributed by atoms with Crippen LogP contribution in [0.3, 0.4) is 0 Å². The minimum Gasteiger partial charge on any atom is -0.231 e. The third-order valence-electron chi connectivity index (χ3n) is 3.58. The van der Waals surface area contributed by atoms with Crippen molar-refractivity contribution in [3.05, 3.63) is 45.7 Å². The average Bonchev–Trinajstić information content (AvgIpc) is 2.92. The van der Waals surface area contributed by atoms with Crippen molar-refractivity contribution >= 4 is 50.4 Å². The van der Waals surface area contributed by atoms with Gasteiger partial charge in [-0.1, -0.05) is 29.3 Å². The first-order valence-corrected chi connectivity index (χ1v) is 10.3. The van der Waals surface area contributed by atoms with E-state index in [1.807, 2.05) is 0 Å². The Morgan fingerprint density at radius 2 is 1.92 bits per heavy atom. The maximum absolute atomic E-state index is 13.2. The molecule has 24 heavy (non-hydrogen) atoms. The van der Waals surface area contributed by atoms with E-state index in [0.29, 0.717) is 26.5 Å². The van der Waals surface area contributed by atoms with Crippen LogP contribution in [-0.2, 0) is 9.84 Å². The Balaban J connectivity index is 2.41. The number of sulfone groups is 1. The molecule has 0 saturated heterocycles. The van der Waals surface area contributed by atoms with E-state index in [1.165, 1.54) is 28.4 Å². The van der Waals surface area contributed by atoms with Crippen molar-refractivity contribution in [1.29, 1.82) is 0 Å². The molecule has 0 atom stereocenters. The molecule has 0 spiro atoms. The summed E-state index contributed by atoms with van der Waals surface area (Å²) in [5, 5.41) is 5.55. The molecular weight excluding hydrogens is 389 g/mol. The molecule has 0 radical (unpaired) electrons. The summed E-state index contributed by atoms with van der Waals surface area (Å²) in [6.07, 6.45) is 1.77. The SMILES string of the molecule is CSc1nn2c(C)c(Cl)c(C)nc2c1S(=O)(=O)c1cccc(Cl)c1. The molecule has 0 amide bonds. The first-order chi connectivity index (χ1) is 11.3. The predicted molar refractivity (Wildman–Crippen MR) is 96.2 cm³/mol. The zero-order chi connectivity index (χ0) is 17.6. The molecule has 0 aliphatic heterocycles. The first kappa shape index (κ1) is 17.5. The molecule has 126 valence electrons. The number of hydrogen-bond acceptors (Lipinski definition) is 5. The molecule has 0 unspecified atom stereocenters. The fourth-order valence-corrected chi connectivity index (χ4v) is 5.21. The number of halogens is 2. The van der Waals surface area contributed by atoms with Gasteiger partial charge in [-0.2, -0.15) is 5.10 Å². The lowest BCUT2D eigenvalue weighted by Crippen LogP contribution is -2.05. The molecular formula is C15H13Cl2N3O2S2. The summed E-state index contributed by atoms with van der Waals surface area (Å²) < 4.78 is 27.8. The number of aryl methyl sites for hydroxylation is 2. The van der Waals surface area contributed by atoms with Gasteiger partial charge >= 0.3 is 0 Å². The fraction of sp³-hybridized carbons (Fsp3) is 0.200. The second kappa shape index (κ2) is 6.22. The van der Waals surface area contributed by atoms with Gasteiger partial charge < -0.3 is 0 Å². The Bertz CT molecular complexity index is 1060. The number of aromatic nitrogens is 3. The molecule has 0 aliphatic carbocycles. The van der Waals surface area contributed by atoms with E-state index in [4.69, 9.17) is 23.2 Å². The summed E-state index contributed by atoms with van der Waals surface area (Å²) in [5.41, 5.74) is 1.46. The van der Waals surface area contributed by atoms with Crippen LogP contribution in [0.25, 0.3) is 5.65 Å². The highest BCUT2D eigenvalue weighted by molar-refractivity contribution is 7.99. The lowest BCUT2D eigenvalue weighted by atomic mass is 10.3. The quantitative estimate of drug-likeness (QED) is 0.615. The zero-order valence-electron chi connectivity index (χ0n) is 13.0. The van der Waals surface area contributed by atoms with Crippen LogP contribution in [0.5, 0.6) is 0 Å². The number of fused-ring (bicyclic) bond motifs is 1. The lowest BCUT2D eigenvalue weighted by Gasteiger charge is -2.07. The molecule has 0 saturated carbocycles. The first-order valence-electron chi connectivity index (χ1n) is 6.87. The number of benzene rings is 1. The third kappa shape index (κ3) is 2.69. The minimum atomic E-state index is -3.83. The van der Waals surface area contributed by atoms with Crippen LogP contribution in [-0.4, -0.2) is 29.3 Å². The normalized spacial score (nSPS) is 12.0. The maximum Gasteiger partial charge on any atom is 0.213 e. The molecule has 0 N–H and O–H groups in total. The van der Waals surface area contributed by atoms with Gasteiger partial charge in [-0.3, -0.25) is 0 Å². The van der Waals surface area contributed by atoms with Crippen molar-refractivity contribution in [3.8, 4) is 0 Å². The second-order valence-electron chi connectivity index (χ2n) is 5.13. The molecule has 0 aliphatic rings. The van der Waals surface area contributed by atoms with Crippen molar-refractivity contribution in [1.82, 2.24) is 14.6 Å². The molecule has 9 heteroatoms. The summed E-state index contributed by atoms with van der Waals surface area (Å²) in [4.78, 5) is 4.54. The summed E-state index contributed by atoms with van der Waals surface area (Å²) in [6, 6.07) is 6.14. The summed E-state index contributed by atoms with van der Waals surface area (Å²) in [7, 11) is -3.83. The Hall–Kier alpha value is -1.28. The van der Waals surface area contributed by atoms with Gasteiger partial charge in [-0.25, -0.2) is 17.9 Å². The Kier molecular flexibility index (Phi) is 4.55. The number of hydrogen-bond donors (Lipinski definition) is 0. The largest absolute Gasteiger partial charge is 0.231 e. The Morgan fingerprint density at radius 1 is 1.21 bits per heavy atom. The zero-order valence-corrected chi connectivity index (χ0v) is 16.2. The number of thioether (sulfide) groups is 1. The van der Waals surface area contributed by atoms with Crippen LogP contribution in [0.15, 0.2) is 39.1 Å². The highest BCUT2D eigenvalue weighted by Crippen LogP contribution is 2.34. The van der Waals surface area contributed by atoms with Crippen molar-refractivity contribution in [3.63, 3.8) is 0 Å². The van der Waals surface area contributed by atoms with Crippen LogP contribution in [0, 0.1) is 13.8 Å². The Labute approximate surface area is 153 Å². The number of rotatable bonds is 3. The molecule has 2 heterocycles. The molecule has 0 fully saturated rings. The molecule has 2 aromatic heterocycles. The van der Waals surface area contributed by atoms with Gasteiger partial charge in [0.1, 0.15) is 5.03 Å². The van der Waals surface area contributed by atoms with Crippen LogP contribution >= 0.6 is 35.0 Å². The number of nitrogens with zero attached hydrogens (tertiary/aromatic N) is 3. The summed E-state index contributed by atoms with van der Waals surface area (Å²) >= 11 is 13.4. The van der Waals surface area contributed by atoms with Crippen LogP contribution < -0.4 is 0 Å². The van der Waals surface area contributed by atoms with Gasteiger partial charge in [0.15, 0.2) is 10.5 Å². The van der Waals surface area contributed by atoms with Crippen LogP contribution in [0.1, 0.15) is 11.4 Å². The summed E-state index contributed by atoms with van der Waals surface area (Å²) in [5.74, 6) is 0. The second-order valence-corrected chi connectivity index (χ2v) is 8.63. The smallest absolute Gasteiger partial charge is 0.213 e. The fourth-order valence-electron chi connectivity index (χ4n) is 2.39. The van der Waals surface area contributed by atoms with Crippen LogP contribution in [0.4, 0.5) is 0 Å². The lowest BCUT2D eigenvalue weighted by molar-refractivity contribution is 0.594. The van der Waals surface area contributed by atoms with Crippen LogP contribution in [0.2, 0.25) is 10.0 Å².